The molecule has 3 rings (SSSR count). The lowest BCUT2D eigenvalue weighted by molar-refractivity contribution is 0.201. The monoisotopic (exact) mass is 291 g/mol. The third-order valence-corrected chi connectivity index (χ3v) is 5.16. The molecule has 2 heterocycles. The van der Waals surface area contributed by atoms with Crippen LogP contribution in [0, 0.1) is 5.92 Å². The lowest BCUT2D eigenvalue weighted by Gasteiger charge is -2.25. The average Bonchev–Trinajstić information content (AvgIpc) is 3.17. The first-order chi connectivity index (χ1) is 9.79. The van der Waals surface area contributed by atoms with Crippen molar-refractivity contribution in [2.24, 2.45) is 13.0 Å². The van der Waals surface area contributed by atoms with Crippen molar-refractivity contribution in [1.82, 2.24) is 14.9 Å². The molecule has 0 saturated heterocycles. The second-order valence-corrected chi connectivity index (χ2v) is 6.47. The lowest BCUT2D eigenvalue weighted by Crippen LogP contribution is -2.38. The highest BCUT2D eigenvalue weighted by Gasteiger charge is 2.30. The Labute approximate surface area is 123 Å². The van der Waals surface area contributed by atoms with E-state index in [4.69, 9.17) is 0 Å². The summed E-state index contributed by atoms with van der Waals surface area (Å²) < 4.78 is 2.07. The second-order valence-electron chi connectivity index (χ2n) is 5.49. The molecule has 3 unspecified atom stereocenters. The standard InChI is InChI=1S/C15H21N3OS/c1-18-8-7-16-15(18)14(13-6-3-9-20-13)17-12-5-2-4-11(12)10-19/h3,6-9,11-12,14,17,19H,2,4-5,10H2,1H3. The molecule has 1 aliphatic carbocycles. The Morgan fingerprint density at radius 2 is 2.45 bits per heavy atom. The van der Waals surface area contributed by atoms with E-state index in [1.54, 1.807) is 11.3 Å². The molecule has 0 bridgehead atoms. The molecule has 4 nitrogen and oxygen atoms in total. The maximum absolute atomic E-state index is 9.51. The van der Waals surface area contributed by atoms with Crippen LogP contribution >= 0.6 is 11.3 Å². The number of aryl methyl sites for hydroxylation is 1. The van der Waals surface area contributed by atoms with Gasteiger partial charge in [-0.15, -0.1) is 11.3 Å². The molecule has 20 heavy (non-hydrogen) atoms. The fraction of sp³-hybridized carbons (Fsp3) is 0.533. The molecule has 2 aromatic heterocycles. The van der Waals surface area contributed by atoms with Gasteiger partial charge in [-0.2, -0.15) is 0 Å². The van der Waals surface area contributed by atoms with Gasteiger partial charge in [-0.1, -0.05) is 12.5 Å². The van der Waals surface area contributed by atoms with Crippen molar-refractivity contribution in [2.75, 3.05) is 6.61 Å². The molecule has 0 spiro atoms. The van der Waals surface area contributed by atoms with Crippen LogP contribution < -0.4 is 5.32 Å². The van der Waals surface area contributed by atoms with Crippen LogP contribution in [0.25, 0.3) is 0 Å². The summed E-state index contributed by atoms with van der Waals surface area (Å²) in [4.78, 5) is 5.79. The highest BCUT2D eigenvalue weighted by molar-refractivity contribution is 7.10. The van der Waals surface area contributed by atoms with E-state index in [1.165, 1.54) is 11.3 Å². The van der Waals surface area contributed by atoms with Crippen LogP contribution in [0.5, 0.6) is 0 Å². The minimum atomic E-state index is 0.118. The van der Waals surface area contributed by atoms with Gasteiger partial charge in [0.2, 0.25) is 0 Å². The Balaban J connectivity index is 1.85. The van der Waals surface area contributed by atoms with Crippen molar-refractivity contribution < 1.29 is 5.11 Å². The van der Waals surface area contributed by atoms with Gasteiger partial charge in [-0.3, -0.25) is 5.32 Å². The molecule has 3 atom stereocenters. The zero-order chi connectivity index (χ0) is 13.9. The molecule has 108 valence electrons. The normalized spacial score (nSPS) is 24.1. The zero-order valence-electron chi connectivity index (χ0n) is 11.7. The van der Waals surface area contributed by atoms with Gasteiger partial charge in [-0.25, -0.2) is 4.98 Å². The van der Waals surface area contributed by atoms with E-state index < -0.39 is 0 Å². The molecule has 2 N–H and O–H groups in total. The number of nitrogens with zero attached hydrogens (tertiary/aromatic N) is 2. The molecule has 0 amide bonds. The van der Waals surface area contributed by atoms with E-state index in [0.29, 0.717) is 12.0 Å². The molecule has 0 aliphatic heterocycles. The number of aromatic nitrogens is 2. The van der Waals surface area contributed by atoms with Crippen molar-refractivity contribution in [2.45, 2.75) is 31.3 Å². The quantitative estimate of drug-likeness (QED) is 0.889. The summed E-state index contributed by atoms with van der Waals surface area (Å²) in [6.45, 7) is 0.273. The third-order valence-electron chi connectivity index (χ3n) is 4.22. The van der Waals surface area contributed by atoms with Gasteiger partial charge in [0.1, 0.15) is 11.9 Å². The zero-order valence-corrected chi connectivity index (χ0v) is 12.5. The maximum Gasteiger partial charge on any atom is 0.131 e. The Morgan fingerprint density at radius 3 is 3.10 bits per heavy atom. The highest BCUT2D eigenvalue weighted by atomic mass is 32.1. The van der Waals surface area contributed by atoms with Crippen LogP contribution in [0.4, 0.5) is 0 Å². The molecule has 1 fully saturated rings. The summed E-state index contributed by atoms with van der Waals surface area (Å²) in [5.74, 6) is 1.41. The smallest absolute Gasteiger partial charge is 0.131 e. The summed E-state index contributed by atoms with van der Waals surface area (Å²) in [7, 11) is 2.03. The summed E-state index contributed by atoms with van der Waals surface area (Å²) >= 11 is 1.75. The van der Waals surface area contributed by atoms with Crippen molar-refractivity contribution in [3.63, 3.8) is 0 Å². The SMILES string of the molecule is Cn1ccnc1C(NC1CCCC1CO)c1cccs1. The van der Waals surface area contributed by atoms with E-state index >= 15 is 0 Å². The predicted octanol–water partition coefficient (Wildman–Crippen LogP) is 2.32. The van der Waals surface area contributed by atoms with E-state index in [1.807, 2.05) is 19.4 Å². The van der Waals surface area contributed by atoms with E-state index in [0.717, 1.165) is 18.7 Å². The van der Waals surface area contributed by atoms with Gasteiger partial charge in [0.15, 0.2) is 0 Å². The number of aliphatic hydroxyl groups is 1. The fourth-order valence-corrected chi connectivity index (χ4v) is 3.86. The minimum absolute atomic E-state index is 0.118. The van der Waals surface area contributed by atoms with Crippen LogP contribution in [-0.2, 0) is 7.05 Å². The Hall–Kier alpha value is -1.17. The predicted molar refractivity (Wildman–Crippen MR) is 80.7 cm³/mol. The van der Waals surface area contributed by atoms with Gasteiger partial charge in [0, 0.05) is 37.0 Å². The summed E-state index contributed by atoms with van der Waals surface area (Å²) in [6.07, 6.45) is 7.27. The van der Waals surface area contributed by atoms with Crippen molar-refractivity contribution in [3.05, 3.63) is 40.6 Å². The first-order valence-corrected chi connectivity index (χ1v) is 8.05. The van der Waals surface area contributed by atoms with Gasteiger partial charge in [0.25, 0.3) is 0 Å². The highest BCUT2D eigenvalue weighted by Crippen LogP contribution is 2.31. The molecule has 0 aromatic carbocycles. The maximum atomic E-state index is 9.51. The minimum Gasteiger partial charge on any atom is -0.396 e. The third kappa shape index (κ3) is 2.66. The van der Waals surface area contributed by atoms with Crippen molar-refractivity contribution >= 4 is 11.3 Å². The molecular weight excluding hydrogens is 270 g/mol. The molecule has 5 heteroatoms. The number of nitrogens with one attached hydrogen (secondary N) is 1. The molecule has 2 aromatic rings. The van der Waals surface area contributed by atoms with Gasteiger partial charge < -0.3 is 9.67 Å². The first-order valence-electron chi connectivity index (χ1n) is 7.17. The van der Waals surface area contributed by atoms with Gasteiger partial charge in [0.05, 0.1) is 0 Å². The average molecular weight is 291 g/mol. The van der Waals surface area contributed by atoms with Crippen LogP contribution in [0.3, 0.4) is 0 Å². The number of imidazole rings is 1. The molecule has 1 saturated carbocycles. The van der Waals surface area contributed by atoms with Crippen molar-refractivity contribution in [3.8, 4) is 0 Å². The van der Waals surface area contributed by atoms with E-state index in [-0.39, 0.29) is 12.6 Å². The van der Waals surface area contributed by atoms with Gasteiger partial charge in [-0.05, 0) is 30.2 Å². The number of thiophene rings is 1. The van der Waals surface area contributed by atoms with Crippen molar-refractivity contribution in [1.29, 1.82) is 0 Å². The summed E-state index contributed by atoms with van der Waals surface area (Å²) in [5, 5.41) is 15.3. The number of hydrogen-bond donors (Lipinski definition) is 2. The van der Waals surface area contributed by atoms with E-state index in [9.17, 15) is 5.11 Å². The number of hydrogen-bond acceptors (Lipinski definition) is 4. The number of aliphatic hydroxyl groups excluding tert-OH is 1. The molecule has 1 aliphatic rings. The fourth-order valence-electron chi connectivity index (χ4n) is 3.08. The molecule has 0 radical (unpaired) electrons. The van der Waals surface area contributed by atoms with Gasteiger partial charge >= 0.3 is 0 Å². The summed E-state index contributed by atoms with van der Waals surface area (Å²) in [5.41, 5.74) is 0. The Kier molecular flexibility index (Phi) is 4.19. The topological polar surface area (TPSA) is 50.1 Å². The summed E-state index contributed by atoms with van der Waals surface area (Å²) in [6, 6.07) is 4.73. The lowest BCUT2D eigenvalue weighted by atomic mass is 10.0. The van der Waals surface area contributed by atoms with E-state index in [2.05, 4.69) is 32.4 Å². The molecular formula is C15H21N3OS. The first kappa shape index (κ1) is 13.8. The van der Waals surface area contributed by atoms with Crippen LogP contribution in [0.2, 0.25) is 0 Å². The second kappa shape index (κ2) is 6.08. The number of rotatable bonds is 5. The van der Waals surface area contributed by atoms with Crippen LogP contribution in [-0.4, -0.2) is 27.3 Å². The largest absolute Gasteiger partial charge is 0.396 e. The van der Waals surface area contributed by atoms with Crippen LogP contribution in [0.1, 0.15) is 36.0 Å². The Morgan fingerprint density at radius 1 is 1.55 bits per heavy atom. The Bertz CT molecular complexity index is 537. The van der Waals surface area contributed by atoms with Crippen LogP contribution in [0.15, 0.2) is 29.9 Å².